The number of carbonyl (C=O) groups excluding carboxylic acids is 1. The van der Waals surface area contributed by atoms with Crippen LogP contribution in [0.2, 0.25) is 0 Å². The van der Waals surface area contributed by atoms with Crippen LogP contribution in [0, 0.1) is 13.8 Å². The fraction of sp³-hybridized carbons (Fsp3) is 0.500. The van der Waals surface area contributed by atoms with E-state index in [2.05, 4.69) is 22.2 Å². The van der Waals surface area contributed by atoms with E-state index in [0.717, 1.165) is 43.5 Å². The molecular weight excluding hydrogens is 288 g/mol. The summed E-state index contributed by atoms with van der Waals surface area (Å²) in [5, 5.41) is 4.22. The second-order valence-electron chi connectivity index (χ2n) is 6.44. The largest absolute Gasteiger partial charge is 0.338 e. The van der Waals surface area contributed by atoms with E-state index in [9.17, 15) is 4.79 Å². The first-order chi connectivity index (χ1) is 11.1. The summed E-state index contributed by atoms with van der Waals surface area (Å²) in [5.74, 6) is 0.182. The molecule has 0 spiro atoms. The molecule has 2 aromatic heterocycles. The van der Waals surface area contributed by atoms with Gasteiger partial charge in [-0.25, -0.2) is 0 Å². The summed E-state index contributed by atoms with van der Waals surface area (Å²) in [5.41, 5.74) is 3.44. The van der Waals surface area contributed by atoms with Gasteiger partial charge in [-0.15, -0.1) is 0 Å². The molecule has 3 rings (SSSR count). The lowest BCUT2D eigenvalue weighted by Gasteiger charge is -2.25. The van der Waals surface area contributed by atoms with Gasteiger partial charge in [0.15, 0.2) is 0 Å². The third-order valence-electron chi connectivity index (χ3n) is 4.48. The monoisotopic (exact) mass is 312 g/mol. The van der Waals surface area contributed by atoms with E-state index in [-0.39, 0.29) is 5.91 Å². The molecule has 0 aliphatic carbocycles. The number of aryl methyl sites for hydroxylation is 3. The highest BCUT2D eigenvalue weighted by Gasteiger charge is 2.28. The van der Waals surface area contributed by atoms with Crippen LogP contribution < -0.4 is 0 Å². The lowest BCUT2D eigenvalue weighted by Crippen LogP contribution is -2.38. The van der Waals surface area contributed by atoms with Crippen LogP contribution in [-0.4, -0.2) is 38.2 Å². The Morgan fingerprint density at radius 3 is 3.00 bits per heavy atom. The highest BCUT2D eigenvalue weighted by molar-refractivity contribution is 5.76. The van der Waals surface area contributed by atoms with Crippen molar-refractivity contribution in [1.82, 2.24) is 19.7 Å². The highest BCUT2D eigenvalue weighted by atomic mass is 16.2. The molecule has 5 heteroatoms. The summed E-state index contributed by atoms with van der Waals surface area (Å²) in [6, 6.07) is 4.56. The Morgan fingerprint density at radius 2 is 2.26 bits per heavy atom. The van der Waals surface area contributed by atoms with Gasteiger partial charge in [-0.05, 0) is 62.8 Å². The summed E-state index contributed by atoms with van der Waals surface area (Å²) >= 11 is 0. The Kier molecular flexibility index (Phi) is 4.74. The molecule has 0 N–H and O–H groups in total. The van der Waals surface area contributed by atoms with Crippen LogP contribution in [0.25, 0.3) is 0 Å². The van der Waals surface area contributed by atoms with Gasteiger partial charge in [-0.3, -0.25) is 14.5 Å². The van der Waals surface area contributed by atoms with Gasteiger partial charge in [0.05, 0.1) is 6.20 Å². The van der Waals surface area contributed by atoms with Crippen molar-refractivity contribution in [2.45, 2.75) is 52.1 Å². The van der Waals surface area contributed by atoms with E-state index >= 15 is 0 Å². The topological polar surface area (TPSA) is 51.0 Å². The molecule has 1 saturated heterocycles. The molecule has 1 amide bonds. The second-order valence-corrected chi connectivity index (χ2v) is 6.44. The van der Waals surface area contributed by atoms with E-state index in [4.69, 9.17) is 0 Å². The summed E-state index contributed by atoms with van der Waals surface area (Å²) in [7, 11) is 0. The van der Waals surface area contributed by atoms with Crippen LogP contribution in [0.1, 0.15) is 36.1 Å². The van der Waals surface area contributed by atoms with Crippen molar-refractivity contribution in [3.8, 4) is 0 Å². The molecule has 0 bridgehead atoms. The number of nitrogens with zero attached hydrogens (tertiary/aromatic N) is 4. The molecule has 0 saturated carbocycles. The molecule has 1 atom stereocenters. The van der Waals surface area contributed by atoms with Gasteiger partial charge in [-0.2, -0.15) is 5.10 Å². The zero-order valence-corrected chi connectivity index (χ0v) is 13.9. The predicted octanol–water partition coefficient (Wildman–Crippen LogP) is 2.52. The Bertz CT molecular complexity index is 679. The maximum Gasteiger partial charge on any atom is 0.244 e. The number of hydrogen-bond donors (Lipinski definition) is 0. The van der Waals surface area contributed by atoms with Gasteiger partial charge in [0.25, 0.3) is 0 Å². The molecule has 2 aromatic rings. The number of amides is 1. The molecule has 0 unspecified atom stereocenters. The predicted molar refractivity (Wildman–Crippen MR) is 89.0 cm³/mol. The summed E-state index contributed by atoms with van der Waals surface area (Å²) < 4.78 is 1.74. The first-order valence-electron chi connectivity index (χ1n) is 8.32. The van der Waals surface area contributed by atoms with Crippen molar-refractivity contribution < 1.29 is 4.79 Å². The zero-order chi connectivity index (χ0) is 16.2. The van der Waals surface area contributed by atoms with Gasteiger partial charge in [0.2, 0.25) is 5.91 Å². The van der Waals surface area contributed by atoms with E-state index < -0.39 is 0 Å². The fourth-order valence-electron chi connectivity index (χ4n) is 3.34. The van der Waals surface area contributed by atoms with E-state index in [1.807, 2.05) is 31.1 Å². The normalized spacial score (nSPS) is 17.7. The van der Waals surface area contributed by atoms with Gasteiger partial charge >= 0.3 is 0 Å². The Morgan fingerprint density at radius 1 is 1.39 bits per heavy atom. The molecule has 3 heterocycles. The number of likely N-dealkylation sites (tertiary alicyclic amines) is 1. The molecule has 1 fully saturated rings. The van der Waals surface area contributed by atoms with Crippen LogP contribution in [-0.2, 0) is 17.8 Å². The Labute approximate surface area is 137 Å². The highest BCUT2D eigenvalue weighted by Crippen LogP contribution is 2.22. The number of aromatic nitrogens is 3. The molecule has 23 heavy (non-hydrogen) atoms. The molecular formula is C18H24N4O. The van der Waals surface area contributed by atoms with Gasteiger partial charge in [0.1, 0.15) is 6.54 Å². The van der Waals surface area contributed by atoms with Gasteiger partial charge < -0.3 is 4.90 Å². The summed E-state index contributed by atoms with van der Waals surface area (Å²) in [4.78, 5) is 18.8. The maximum absolute atomic E-state index is 12.6. The van der Waals surface area contributed by atoms with Crippen LogP contribution in [0.3, 0.4) is 0 Å². The Balaban J connectivity index is 1.57. The van der Waals surface area contributed by atoms with Crippen molar-refractivity contribution in [2.24, 2.45) is 0 Å². The number of pyridine rings is 1. The van der Waals surface area contributed by atoms with Crippen molar-refractivity contribution in [1.29, 1.82) is 0 Å². The fourth-order valence-corrected chi connectivity index (χ4v) is 3.34. The third-order valence-corrected chi connectivity index (χ3v) is 4.48. The standard InChI is InChI=1S/C18H24N4O/c1-14-11-20-21(12-14)13-18(23)22-9-3-4-17(22)6-5-16-7-8-19-15(2)10-16/h7-8,10-12,17H,3-6,9,13H2,1-2H3/t17-/m1/s1. The lowest BCUT2D eigenvalue weighted by atomic mass is 10.0. The van der Waals surface area contributed by atoms with Crippen LogP contribution in [0.15, 0.2) is 30.7 Å². The molecule has 1 aliphatic heterocycles. The first-order valence-corrected chi connectivity index (χ1v) is 8.32. The van der Waals surface area contributed by atoms with Crippen LogP contribution in [0.5, 0.6) is 0 Å². The third kappa shape index (κ3) is 3.97. The first kappa shape index (κ1) is 15.7. The quantitative estimate of drug-likeness (QED) is 0.852. The van der Waals surface area contributed by atoms with Crippen LogP contribution >= 0.6 is 0 Å². The van der Waals surface area contributed by atoms with Gasteiger partial charge in [-0.1, -0.05) is 0 Å². The van der Waals surface area contributed by atoms with E-state index in [1.54, 1.807) is 10.9 Å². The number of carbonyl (C=O) groups is 1. The van der Waals surface area contributed by atoms with Crippen molar-refractivity contribution in [2.75, 3.05) is 6.54 Å². The number of hydrogen-bond acceptors (Lipinski definition) is 3. The molecule has 1 aliphatic rings. The van der Waals surface area contributed by atoms with Crippen molar-refractivity contribution >= 4 is 5.91 Å². The van der Waals surface area contributed by atoms with Gasteiger partial charge in [0, 0.05) is 30.7 Å². The second kappa shape index (κ2) is 6.94. The maximum atomic E-state index is 12.6. The average Bonchev–Trinajstić information content (AvgIpc) is 3.14. The lowest BCUT2D eigenvalue weighted by molar-refractivity contribution is -0.132. The Hall–Kier alpha value is -2.17. The molecule has 0 aromatic carbocycles. The number of rotatable bonds is 5. The minimum Gasteiger partial charge on any atom is -0.338 e. The van der Waals surface area contributed by atoms with Crippen molar-refractivity contribution in [3.63, 3.8) is 0 Å². The SMILES string of the molecule is Cc1cnn(CC(=O)N2CCC[C@@H]2CCc2ccnc(C)c2)c1. The molecule has 122 valence electrons. The minimum atomic E-state index is 0.182. The van der Waals surface area contributed by atoms with E-state index in [0.29, 0.717) is 12.6 Å². The molecule has 5 nitrogen and oxygen atoms in total. The summed E-state index contributed by atoms with van der Waals surface area (Å²) in [6.07, 6.45) is 9.80. The van der Waals surface area contributed by atoms with Crippen LogP contribution in [0.4, 0.5) is 0 Å². The minimum absolute atomic E-state index is 0.182. The zero-order valence-electron chi connectivity index (χ0n) is 13.9. The summed E-state index contributed by atoms with van der Waals surface area (Å²) in [6.45, 7) is 5.22. The van der Waals surface area contributed by atoms with E-state index in [1.165, 1.54) is 5.56 Å². The smallest absolute Gasteiger partial charge is 0.244 e. The average molecular weight is 312 g/mol. The van der Waals surface area contributed by atoms with Crippen molar-refractivity contribution in [3.05, 3.63) is 47.5 Å². The molecule has 0 radical (unpaired) electrons.